The van der Waals surface area contributed by atoms with Crippen molar-refractivity contribution in [2.45, 2.75) is 6.61 Å². The molecule has 106 valence electrons. The van der Waals surface area contributed by atoms with Crippen molar-refractivity contribution < 1.29 is 4.74 Å². The maximum atomic E-state index is 5.95. The van der Waals surface area contributed by atoms with Gasteiger partial charge >= 0.3 is 0 Å². The van der Waals surface area contributed by atoms with E-state index in [4.69, 9.17) is 22.1 Å². The van der Waals surface area contributed by atoms with E-state index in [1.165, 1.54) is 0 Å². The molecule has 0 amide bonds. The number of H-pyrrole nitrogens is 1. The van der Waals surface area contributed by atoms with E-state index < -0.39 is 0 Å². The lowest BCUT2D eigenvalue weighted by molar-refractivity contribution is 0.301. The minimum atomic E-state index is 0.367. The predicted octanol–water partition coefficient (Wildman–Crippen LogP) is 3.89. The number of halogens is 1. The van der Waals surface area contributed by atoms with Crippen LogP contribution in [0.1, 0.15) is 5.69 Å². The number of anilines is 1. The van der Waals surface area contributed by atoms with Gasteiger partial charge in [0.2, 0.25) is 0 Å². The maximum Gasteiger partial charge on any atom is 0.153 e. The Morgan fingerprint density at radius 3 is 2.48 bits per heavy atom. The van der Waals surface area contributed by atoms with Crippen LogP contribution in [-0.4, -0.2) is 10.2 Å². The smallest absolute Gasteiger partial charge is 0.153 e. The van der Waals surface area contributed by atoms with E-state index in [0.717, 1.165) is 22.6 Å². The highest BCUT2D eigenvalue weighted by molar-refractivity contribution is 6.30. The molecular weight excluding hydrogens is 286 g/mol. The van der Waals surface area contributed by atoms with Crippen LogP contribution in [0.3, 0.4) is 0 Å². The number of hydrogen-bond acceptors (Lipinski definition) is 3. The van der Waals surface area contributed by atoms with E-state index in [1.54, 1.807) is 0 Å². The summed E-state index contributed by atoms with van der Waals surface area (Å²) in [6.07, 6.45) is 0. The van der Waals surface area contributed by atoms with Crippen molar-refractivity contribution in [3.8, 4) is 16.9 Å². The van der Waals surface area contributed by atoms with E-state index >= 15 is 0 Å². The van der Waals surface area contributed by atoms with Crippen LogP contribution in [-0.2, 0) is 6.61 Å². The van der Waals surface area contributed by atoms with Gasteiger partial charge in [-0.05, 0) is 29.8 Å². The number of para-hydroxylation sites is 1. The molecule has 0 atom stereocenters. The SMILES string of the molecule is Nc1n[nH]c(COc2ccccc2)c1-c1ccc(Cl)cc1. The zero-order chi connectivity index (χ0) is 14.7. The number of nitrogens with one attached hydrogen (secondary N) is 1. The van der Waals surface area contributed by atoms with Gasteiger partial charge in [0.1, 0.15) is 12.4 Å². The molecule has 0 saturated heterocycles. The first kappa shape index (κ1) is 13.5. The van der Waals surface area contributed by atoms with Gasteiger partial charge < -0.3 is 10.5 Å². The Labute approximate surface area is 127 Å². The molecule has 3 aromatic rings. The van der Waals surface area contributed by atoms with Crippen molar-refractivity contribution in [1.82, 2.24) is 10.2 Å². The normalized spacial score (nSPS) is 10.5. The number of ether oxygens (including phenoxy) is 1. The fourth-order valence-corrected chi connectivity index (χ4v) is 2.24. The number of nitrogens with zero attached hydrogens (tertiary/aromatic N) is 1. The summed E-state index contributed by atoms with van der Waals surface area (Å²) in [5.41, 5.74) is 8.59. The third-order valence-corrected chi connectivity index (χ3v) is 3.38. The van der Waals surface area contributed by atoms with Crippen LogP contribution in [0.25, 0.3) is 11.1 Å². The molecule has 0 radical (unpaired) electrons. The Bertz CT molecular complexity index is 723. The number of aromatic nitrogens is 2. The van der Waals surface area contributed by atoms with Gasteiger partial charge in [-0.2, -0.15) is 5.10 Å². The topological polar surface area (TPSA) is 63.9 Å². The van der Waals surface area contributed by atoms with E-state index in [-0.39, 0.29) is 0 Å². The summed E-state index contributed by atoms with van der Waals surface area (Å²) in [6.45, 7) is 0.367. The fraction of sp³-hybridized carbons (Fsp3) is 0.0625. The average Bonchev–Trinajstić information content (AvgIpc) is 2.88. The molecule has 0 aliphatic carbocycles. The summed E-state index contributed by atoms with van der Waals surface area (Å²) in [4.78, 5) is 0. The highest BCUT2D eigenvalue weighted by Gasteiger charge is 2.13. The largest absolute Gasteiger partial charge is 0.487 e. The van der Waals surface area contributed by atoms with Gasteiger partial charge in [-0.15, -0.1) is 0 Å². The first-order valence-corrected chi connectivity index (χ1v) is 6.88. The third kappa shape index (κ3) is 3.01. The molecule has 5 heteroatoms. The van der Waals surface area contributed by atoms with E-state index in [9.17, 15) is 0 Å². The number of aromatic amines is 1. The Morgan fingerprint density at radius 2 is 1.76 bits per heavy atom. The Hall–Kier alpha value is -2.46. The van der Waals surface area contributed by atoms with Gasteiger partial charge in [-0.25, -0.2) is 0 Å². The van der Waals surface area contributed by atoms with Crippen LogP contribution in [0.5, 0.6) is 5.75 Å². The Morgan fingerprint density at radius 1 is 1.05 bits per heavy atom. The number of benzene rings is 2. The zero-order valence-corrected chi connectivity index (χ0v) is 12.0. The molecule has 3 N–H and O–H groups in total. The summed E-state index contributed by atoms with van der Waals surface area (Å²) in [5.74, 6) is 1.25. The molecule has 21 heavy (non-hydrogen) atoms. The fourth-order valence-electron chi connectivity index (χ4n) is 2.11. The van der Waals surface area contributed by atoms with E-state index in [0.29, 0.717) is 17.4 Å². The molecule has 4 nitrogen and oxygen atoms in total. The highest BCUT2D eigenvalue weighted by Crippen LogP contribution is 2.29. The van der Waals surface area contributed by atoms with Gasteiger partial charge in [0.05, 0.1) is 11.3 Å². The van der Waals surface area contributed by atoms with Gasteiger partial charge in [0.25, 0.3) is 0 Å². The van der Waals surface area contributed by atoms with E-state index in [2.05, 4.69) is 10.2 Å². The Balaban J connectivity index is 1.85. The van der Waals surface area contributed by atoms with Gasteiger partial charge in [0, 0.05) is 5.02 Å². The second-order valence-corrected chi connectivity index (χ2v) is 5.01. The number of hydrogen-bond donors (Lipinski definition) is 2. The first-order valence-electron chi connectivity index (χ1n) is 6.50. The summed E-state index contributed by atoms with van der Waals surface area (Å²) in [5, 5.41) is 7.68. The van der Waals surface area contributed by atoms with Crippen molar-refractivity contribution in [3.63, 3.8) is 0 Å². The minimum Gasteiger partial charge on any atom is -0.487 e. The quantitative estimate of drug-likeness (QED) is 0.768. The lowest BCUT2D eigenvalue weighted by atomic mass is 10.1. The van der Waals surface area contributed by atoms with Gasteiger partial charge in [0.15, 0.2) is 5.82 Å². The van der Waals surface area contributed by atoms with Crippen LogP contribution in [0.15, 0.2) is 54.6 Å². The molecule has 0 aliphatic heterocycles. The van der Waals surface area contributed by atoms with Crippen molar-refractivity contribution >= 4 is 17.4 Å². The number of nitrogens with two attached hydrogens (primary N) is 1. The first-order chi connectivity index (χ1) is 10.2. The summed E-state index contributed by atoms with van der Waals surface area (Å²) in [6, 6.07) is 17.1. The number of nitrogen functional groups attached to an aromatic ring is 1. The van der Waals surface area contributed by atoms with Crippen LogP contribution in [0, 0.1) is 0 Å². The molecule has 1 aromatic heterocycles. The zero-order valence-electron chi connectivity index (χ0n) is 11.2. The molecule has 0 fully saturated rings. The van der Waals surface area contributed by atoms with E-state index in [1.807, 2.05) is 54.6 Å². The molecule has 0 spiro atoms. The molecular formula is C16H14ClN3O. The van der Waals surface area contributed by atoms with Gasteiger partial charge in [-0.3, -0.25) is 5.10 Å². The summed E-state index contributed by atoms with van der Waals surface area (Å²) >= 11 is 5.91. The average molecular weight is 300 g/mol. The third-order valence-electron chi connectivity index (χ3n) is 3.13. The maximum absolute atomic E-state index is 5.95. The van der Waals surface area contributed by atoms with Crippen LogP contribution >= 0.6 is 11.6 Å². The molecule has 3 rings (SSSR count). The molecule has 0 bridgehead atoms. The van der Waals surface area contributed by atoms with Crippen molar-refractivity contribution in [2.75, 3.05) is 5.73 Å². The van der Waals surface area contributed by atoms with Crippen molar-refractivity contribution in [2.24, 2.45) is 0 Å². The second kappa shape index (κ2) is 5.89. The van der Waals surface area contributed by atoms with Crippen LogP contribution < -0.4 is 10.5 Å². The van der Waals surface area contributed by atoms with Crippen LogP contribution in [0.2, 0.25) is 5.02 Å². The summed E-state index contributed by atoms with van der Waals surface area (Å²) in [7, 11) is 0. The highest BCUT2D eigenvalue weighted by atomic mass is 35.5. The molecule has 0 aliphatic rings. The predicted molar refractivity (Wildman–Crippen MR) is 84.2 cm³/mol. The summed E-state index contributed by atoms with van der Waals surface area (Å²) < 4.78 is 5.74. The van der Waals surface area contributed by atoms with Crippen LogP contribution in [0.4, 0.5) is 5.82 Å². The minimum absolute atomic E-state index is 0.367. The lowest BCUT2D eigenvalue weighted by Crippen LogP contribution is -1.98. The molecule has 2 aromatic carbocycles. The Kier molecular flexibility index (Phi) is 3.79. The number of rotatable bonds is 4. The molecule has 0 saturated carbocycles. The monoisotopic (exact) mass is 299 g/mol. The second-order valence-electron chi connectivity index (χ2n) is 4.57. The van der Waals surface area contributed by atoms with Crippen molar-refractivity contribution in [1.29, 1.82) is 0 Å². The van der Waals surface area contributed by atoms with Crippen molar-refractivity contribution in [3.05, 3.63) is 65.3 Å². The van der Waals surface area contributed by atoms with Gasteiger partial charge in [-0.1, -0.05) is 41.9 Å². The molecule has 1 heterocycles. The molecule has 0 unspecified atom stereocenters. The standard InChI is InChI=1S/C16H14ClN3O/c17-12-8-6-11(7-9-12)15-14(19-20-16(15)18)10-21-13-4-2-1-3-5-13/h1-9H,10H2,(H3,18,19,20). The lowest BCUT2D eigenvalue weighted by Gasteiger charge is -2.07.